The van der Waals surface area contributed by atoms with E-state index in [1.165, 1.54) is 0 Å². The number of carbonyl (C=O) groups excluding carboxylic acids is 1. The van der Waals surface area contributed by atoms with Gasteiger partial charge in [0.05, 0.1) is 6.54 Å². The second kappa shape index (κ2) is 7.84. The van der Waals surface area contributed by atoms with E-state index in [-0.39, 0.29) is 17.0 Å². The van der Waals surface area contributed by atoms with Crippen LogP contribution in [-0.2, 0) is 13.0 Å². The number of rotatable bonds is 3. The number of hydrogen-bond acceptors (Lipinski definition) is 3. The minimum atomic E-state index is -0.306. The lowest BCUT2D eigenvalue weighted by molar-refractivity contribution is 0.0983. The van der Waals surface area contributed by atoms with Crippen LogP contribution in [0.2, 0.25) is 0 Å². The Bertz CT molecular complexity index is 1340. The van der Waals surface area contributed by atoms with Gasteiger partial charge in [-0.15, -0.1) is 0 Å². The number of aromatic nitrogens is 2. The van der Waals surface area contributed by atoms with Crippen LogP contribution < -0.4 is 10.5 Å². The first-order valence-electron chi connectivity index (χ1n) is 10.6. The predicted octanol–water partition coefficient (Wildman–Crippen LogP) is 4.35. The van der Waals surface area contributed by atoms with Crippen molar-refractivity contribution in [1.29, 1.82) is 0 Å². The van der Waals surface area contributed by atoms with Gasteiger partial charge in [-0.05, 0) is 55.2 Å². The van der Waals surface area contributed by atoms with E-state index in [0.717, 1.165) is 40.6 Å². The molecule has 0 bridgehead atoms. The third-order valence-electron chi connectivity index (χ3n) is 5.90. The summed E-state index contributed by atoms with van der Waals surface area (Å²) in [5.41, 5.74) is 4.66. The Labute approximate surface area is 180 Å². The molecule has 5 heteroatoms. The van der Waals surface area contributed by atoms with Gasteiger partial charge in [0, 0.05) is 23.8 Å². The highest BCUT2D eigenvalue weighted by Crippen LogP contribution is 2.28. The van der Waals surface area contributed by atoms with Crippen molar-refractivity contribution in [2.24, 2.45) is 0 Å². The molecule has 1 aliphatic rings. The Morgan fingerprint density at radius 2 is 1.84 bits per heavy atom. The van der Waals surface area contributed by atoms with Gasteiger partial charge in [-0.25, -0.2) is 4.98 Å². The fourth-order valence-corrected chi connectivity index (χ4v) is 4.27. The summed E-state index contributed by atoms with van der Waals surface area (Å²) in [7, 11) is 0. The summed E-state index contributed by atoms with van der Waals surface area (Å²) in [5, 5.41) is 0.780. The SMILES string of the molecule is Cc1ccc(Cn2c(=O)c(C(=O)N3CCCc4ccccc43)cc3cccnc32)cc1. The van der Waals surface area contributed by atoms with Gasteiger partial charge in [-0.1, -0.05) is 48.0 Å². The van der Waals surface area contributed by atoms with Crippen molar-refractivity contribution < 1.29 is 4.79 Å². The first-order chi connectivity index (χ1) is 15.1. The van der Waals surface area contributed by atoms with E-state index in [1.807, 2.05) is 61.5 Å². The molecule has 2 aromatic carbocycles. The molecule has 0 atom stereocenters. The summed E-state index contributed by atoms with van der Waals surface area (Å²) < 4.78 is 1.61. The first-order valence-corrected chi connectivity index (χ1v) is 10.6. The molecule has 3 heterocycles. The third-order valence-corrected chi connectivity index (χ3v) is 5.90. The predicted molar refractivity (Wildman–Crippen MR) is 123 cm³/mol. The van der Waals surface area contributed by atoms with E-state index >= 15 is 0 Å². The molecular weight excluding hydrogens is 386 g/mol. The molecule has 0 N–H and O–H groups in total. The molecule has 5 rings (SSSR count). The fourth-order valence-electron chi connectivity index (χ4n) is 4.27. The van der Waals surface area contributed by atoms with Crippen molar-refractivity contribution in [2.75, 3.05) is 11.4 Å². The third kappa shape index (κ3) is 3.52. The van der Waals surface area contributed by atoms with Crippen molar-refractivity contribution in [3.05, 3.63) is 106 Å². The van der Waals surface area contributed by atoms with Crippen molar-refractivity contribution in [3.63, 3.8) is 0 Å². The van der Waals surface area contributed by atoms with Crippen molar-refractivity contribution >= 4 is 22.6 Å². The van der Waals surface area contributed by atoms with Crippen LogP contribution in [0, 0.1) is 6.92 Å². The monoisotopic (exact) mass is 409 g/mol. The van der Waals surface area contributed by atoms with Crippen LogP contribution in [0.1, 0.15) is 33.5 Å². The molecule has 0 unspecified atom stereocenters. The summed E-state index contributed by atoms with van der Waals surface area (Å²) >= 11 is 0. The van der Waals surface area contributed by atoms with Gasteiger partial charge in [0.25, 0.3) is 11.5 Å². The minimum Gasteiger partial charge on any atom is -0.308 e. The van der Waals surface area contributed by atoms with Gasteiger partial charge in [0.15, 0.2) is 0 Å². The van der Waals surface area contributed by atoms with Gasteiger partial charge in [-0.3, -0.25) is 14.2 Å². The smallest absolute Gasteiger partial charge is 0.265 e. The molecule has 0 aliphatic carbocycles. The Balaban J connectivity index is 1.63. The first kappa shape index (κ1) is 19.2. The molecule has 31 heavy (non-hydrogen) atoms. The summed E-state index contributed by atoms with van der Waals surface area (Å²) in [5.74, 6) is -0.249. The highest BCUT2D eigenvalue weighted by molar-refractivity contribution is 6.07. The average Bonchev–Trinajstić information content (AvgIpc) is 2.81. The maximum atomic E-state index is 13.6. The van der Waals surface area contributed by atoms with E-state index in [0.29, 0.717) is 18.7 Å². The van der Waals surface area contributed by atoms with Gasteiger partial charge in [0.1, 0.15) is 11.2 Å². The van der Waals surface area contributed by atoms with Gasteiger partial charge in [-0.2, -0.15) is 0 Å². The number of anilines is 1. The zero-order valence-corrected chi connectivity index (χ0v) is 17.4. The van der Waals surface area contributed by atoms with Crippen molar-refractivity contribution in [3.8, 4) is 0 Å². The Hall–Kier alpha value is -3.73. The van der Waals surface area contributed by atoms with E-state index in [9.17, 15) is 9.59 Å². The lowest BCUT2D eigenvalue weighted by Crippen LogP contribution is -2.39. The van der Waals surface area contributed by atoms with Gasteiger partial charge < -0.3 is 4.90 Å². The summed E-state index contributed by atoms with van der Waals surface area (Å²) in [6, 6.07) is 21.4. The van der Waals surface area contributed by atoms with E-state index in [2.05, 4.69) is 11.1 Å². The number of pyridine rings is 2. The van der Waals surface area contributed by atoms with E-state index in [4.69, 9.17) is 0 Å². The molecular formula is C26H23N3O2. The molecule has 0 saturated carbocycles. The highest BCUT2D eigenvalue weighted by atomic mass is 16.2. The average molecular weight is 409 g/mol. The normalized spacial score (nSPS) is 13.3. The lowest BCUT2D eigenvalue weighted by Gasteiger charge is -2.29. The number of fused-ring (bicyclic) bond motifs is 2. The lowest BCUT2D eigenvalue weighted by atomic mass is 10.0. The van der Waals surface area contributed by atoms with E-state index in [1.54, 1.807) is 21.7 Å². The number of benzene rings is 2. The number of para-hydroxylation sites is 1. The quantitative estimate of drug-likeness (QED) is 0.506. The zero-order valence-electron chi connectivity index (χ0n) is 17.4. The number of carbonyl (C=O) groups is 1. The minimum absolute atomic E-state index is 0.185. The van der Waals surface area contributed by atoms with Gasteiger partial charge in [0.2, 0.25) is 0 Å². The number of hydrogen-bond donors (Lipinski definition) is 0. The van der Waals surface area contributed by atoms with Crippen LogP contribution in [0.5, 0.6) is 0 Å². The summed E-state index contributed by atoms with van der Waals surface area (Å²) in [4.78, 5) is 33.3. The highest BCUT2D eigenvalue weighted by Gasteiger charge is 2.26. The standard InChI is InChI=1S/C26H23N3O2/c1-18-10-12-19(13-11-18)17-29-24-21(7-4-14-27-24)16-22(26(29)31)25(30)28-15-5-8-20-6-2-3-9-23(20)28/h2-4,6-7,9-14,16H,5,8,15,17H2,1H3. The summed E-state index contributed by atoms with van der Waals surface area (Å²) in [6.45, 7) is 3.01. The zero-order chi connectivity index (χ0) is 21.4. The molecule has 1 aliphatic heterocycles. The Morgan fingerprint density at radius 1 is 1.03 bits per heavy atom. The second-order valence-corrected chi connectivity index (χ2v) is 8.04. The fraction of sp³-hybridized carbons (Fsp3) is 0.192. The molecule has 0 fully saturated rings. The van der Waals surface area contributed by atoms with Crippen LogP contribution in [0.25, 0.3) is 11.0 Å². The molecule has 0 radical (unpaired) electrons. The number of aryl methyl sites for hydroxylation is 2. The molecule has 4 aromatic rings. The van der Waals surface area contributed by atoms with Crippen LogP contribution in [0.15, 0.2) is 77.7 Å². The van der Waals surface area contributed by atoms with Crippen LogP contribution in [-0.4, -0.2) is 22.0 Å². The number of nitrogens with zero attached hydrogens (tertiary/aromatic N) is 3. The van der Waals surface area contributed by atoms with Crippen LogP contribution >= 0.6 is 0 Å². The van der Waals surface area contributed by atoms with Crippen molar-refractivity contribution in [1.82, 2.24) is 9.55 Å². The Kier molecular flexibility index (Phi) is 4.86. The molecule has 0 spiro atoms. The molecule has 154 valence electrons. The molecule has 5 nitrogen and oxygen atoms in total. The molecule has 1 amide bonds. The largest absolute Gasteiger partial charge is 0.308 e. The summed E-state index contributed by atoms with van der Waals surface area (Å²) in [6.07, 6.45) is 3.50. The maximum absolute atomic E-state index is 13.6. The van der Waals surface area contributed by atoms with Crippen LogP contribution in [0.4, 0.5) is 5.69 Å². The topological polar surface area (TPSA) is 55.2 Å². The van der Waals surface area contributed by atoms with E-state index < -0.39 is 0 Å². The second-order valence-electron chi connectivity index (χ2n) is 8.04. The Morgan fingerprint density at radius 3 is 2.68 bits per heavy atom. The molecule has 0 saturated heterocycles. The van der Waals surface area contributed by atoms with Crippen LogP contribution in [0.3, 0.4) is 0 Å². The van der Waals surface area contributed by atoms with Crippen molar-refractivity contribution in [2.45, 2.75) is 26.3 Å². The van der Waals surface area contributed by atoms with Gasteiger partial charge >= 0.3 is 0 Å². The number of amides is 1. The maximum Gasteiger partial charge on any atom is 0.265 e. The molecule has 2 aromatic heterocycles.